The van der Waals surface area contributed by atoms with Crippen LogP contribution in [0.4, 0.5) is 4.79 Å². The highest BCUT2D eigenvalue weighted by atomic mass is 35.5. The Kier molecular flexibility index (Phi) is 15.0. The van der Waals surface area contributed by atoms with Crippen LogP contribution < -0.4 is 15.4 Å². The minimum Gasteiger partial charge on any atom is -0.496 e. The number of fused-ring (bicyclic) bond motifs is 1. The van der Waals surface area contributed by atoms with E-state index in [1.54, 1.807) is 50.1 Å². The number of rotatable bonds is 14. The number of aromatic nitrogens is 2. The fourth-order valence-corrected chi connectivity index (χ4v) is 7.99. The molecule has 13 nitrogen and oxygen atoms in total. The molecule has 2 heterocycles. The molecule has 0 radical (unpaired) electrons. The van der Waals surface area contributed by atoms with Gasteiger partial charge in [0.2, 0.25) is 5.91 Å². The van der Waals surface area contributed by atoms with E-state index < -0.39 is 40.8 Å². The van der Waals surface area contributed by atoms with Crippen LogP contribution in [0.15, 0.2) is 79.0 Å². The third-order valence-corrected chi connectivity index (χ3v) is 11.1. The number of ether oxygens (including phenoxy) is 4. The standard InChI is InChI=1S/C50H59Cl2N5O8/c1-48(2,3)63-29-40(46(60)64-49(4,5)6)53-25-32-23-39(51)37(24-42(32)62-10)45(59)57-41-16-12-14-35(38(41)26-54-57)36-15-11-13-34(44(36)52)31-19-17-30(18-20-31)27-56(47(61)65-50(7,8)9)28-33-21-22-43(58)55-33/h11-20,23-24,26,33,40,53H,21-22,25,27-29H2,1-10H3,(H,55,58)/t33-,40-/m0/s1. The Morgan fingerprint density at radius 3 is 2.17 bits per heavy atom. The van der Waals surface area contributed by atoms with Crippen molar-refractivity contribution in [3.63, 3.8) is 0 Å². The van der Waals surface area contributed by atoms with E-state index in [9.17, 15) is 19.2 Å². The molecule has 2 amide bonds. The van der Waals surface area contributed by atoms with E-state index in [1.165, 1.54) is 11.8 Å². The summed E-state index contributed by atoms with van der Waals surface area (Å²) in [7, 11) is 1.50. The predicted molar refractivity (Wildman–Crippen MR) is 253 cm³/mol. The fourth-order valence-electron chi connectivity index (χ4n) is 7.38. The molecule has 15 heteroatoms. The van der Waals surface area contributed by atoms with Crippen molar-refractivity contribution in [1.82, 2.24) is 25.3 Å². The van der Waals surface area contributed by atoms with Crippen molar-refractivity contribution in [2.75, 3.05) is 20.3 Å². The van der Waals surface area contributed by atoms with Gasteiger partial charge in [0.15, 0.2) is 0 Å². The fraction of sp³-hybridized carbons (Fsp3) is 0.420. The summed E-state index contributed by atoms with van der Waals surface area (Å²) in [6, 6.07) is 21.5. The van der Waals surface area contributed by atoms with Crippen molar-refractivity contribution >= 4 is 58.0 Å². The molecule has 1 saturated heterocycles. The summed E-state index contributed by atoms with van der Waals surface area (Å²) in [5, 5.41) is 12.1. The second kappa shape index (κ2) is 20.0. The van der Waals surface area contributed by atoms with E-state index in [2.05, 4.69) is 15.7 Å². The van der Waals surface area contributed by atoms with Gasteiger partial charge in [-0.1, -0.05) is 77.8 Å². The van der Waals surface area contributed by atoms with Crippen molar-refractivity contribution < 1.29 is 38.1 Å². The Hall–Kier alpha value is -5.47. The number of benzene rings is 4. The lowest BCUT2D eigenvalue weighted by Crippen LogP contribution is -2.45. The number of methoxy groups -OCH3 is 1. The lowest BCUT2D eigenvalue weighted by molar-refractivity contribution is -0.160. The van der Waals surface area contributed by atoms with E-state index in [0.717, 1.165) is 27.8 Å². The van der Waals surface area contributed by atoms with Crippen LogP contribution >= 0.6 is 23.2 Å². The Morgan fingerprint density at radius 1 is 0.877 bits per heavy atom. The van der Waals surface area contributed by atoms with Gasteiger partial charge in [-0.25, -0.2) is 4.79 Å². The van der Waals surface area contributed by atoms with Gasteiger partial charge >= 0.3 is 12.1 Å². The monoisotopic (exact) mass is 927 g/mol. The van der Waals surface area contributed by atoms with Gasteiger partial charge in [0.05, 0.1) is 46.6 Å². The molecular weight excluding hydrogens is 869 g/mol. The molecule has 346 valence electrons. The number of carbonyl (C=O) groups is 4. The largest absolute Gasteiger partial charge is 0.496 e. The molecule has 4 aromatic carbocycles. The summed E-state index contributed by atoms with van der Waals surface area (Å²) in [6.45, 7) is 17.5. The molecule has 0 unspecified atom stereocenters. The first kappa shape index (κ1) is 49.0. The van der Waals surface area contributed by atoms with Crippen LogP contribution in [-0.2, 0) is 36.9 Å². The van der Waals surface area contributed by atoms with Gasteiger partial charge in [-0.3, -0.25) is 19.7 Å². The topological polar surface area (TPSA) is 150 Å². The number of hydrogen-bond donors (Lipinski definition) is 2. The first-order chi connectivity index (χ1) is 30.5. The Bertz CT molecular complexity index is 2550. The lowest BCUT2D eigenvalue weighted by Gasteiger charge is -2.29. The Labute approximate surface area is 391 Å². The zero-order valence-electron chi connectivity index (χ0n) is 38.8. The van der Waals surface area contributed by atoms with E-state index >= 15 is 0 Å². The van der Waals surface area contributed by atoms with Gasteiger partial charge in [-0.05, 0) is 104 Å². The molecule has 2 N–H and O–H groups in total. The van der Waals surface area contributed by atoms with Gasteiger partial charge in [0.1, 0.15) is 23.0 Å². The maximum absolute atomic E-state index is 14.2. The van der Waals surface area contributed by atoms with E-state index in [4.69, 9.17) is 42.1 Å². The van der Waals surface area contributed by atoms with Crippen LogP contribution in [0.1, 0.15) is 96.6 Å². The van der Waals surface area contributed by atoms with Crippen molar-refractivity contribution in [2.45, 2.75) is 117 Å². The van der Waals surface area contributed by atoms with Crippen molar-refractivity contribution in [2.24, 2.45) is 0 Å². The Morgan fingerprint density at radius 2 is 1.54 bits per heavy atom. The van der Waals surface area contributed by atoms with Crippen LogP contribution in [0.5, 0.6) is 5.75 Å². The highest BCUT2D eigenvalue weighted by Crippen LogP contribution is 2.40. The van der Waals surface area contributed by atoms with Crippen molar-refractivity contribution in [3.05, 3.63) is 106 Å². The van der Waals surface area contributed by atoms with Gasteiger partial charge in [-0.2, -0.15) is 9.78 Å². The second-order valence-corrected chi connectivity index (χ2v) is 19.9. The average molecular weight is 929 g/mol. The maximum atomic E-state index is 14.2. The molecule has 0 spiro atoms. The highest BCUT2D eigenvalue weighted by molar-refractivity contribution is 6.36. The van der Waals surface area contributed by atoms with Crippen molar-refractivity contribution in [3.8, 4) is 28.0 Å². The quantitative estimate of drug-likeness (QED) is 0.103. The molecule has 1 aliphatic rings. The van der Waals surface area contributed by atoms with Gasteiger partial charge in [-0.15, -0.1) is 0 Å². The molecule has 2 atom stereocenters. The predicted octanol–water partition coefficient (Wildman–Crippen LogP) is 10.0. The summed E-state index contributed by atoms with van der Waals surface area (Å²) < 4.78 is 24.3. The molecule has 6 rings (SSSR count). The van der Waals surface area contributed by atoms with Gasteiger partial charge < -0.3 is 29.2 Å². The molecule has 0 aliphatic carbocycles. The zero-order valence-corrected chi connectivity index (χ0v) is 40.3. The van der Waals surface area contributed by atoms with Crippen LogP contribution in [-0.4, -0.2) is 87.7 Å². The van der Waals surface area contributed by atoms with Crippen molar-refractivity contribution in [1.29, 1.82) is 0 Å². The number of esters is 1. The van der Waals surface area contributed by atoms with Crippen LogP contribution in [0, 0.1) is 0 Å². The normalized spacial score (nSPS) is 14.8. The number of nitrogens with zero attached hydrogens (tertiary/aromatic N) is 3. The number of amides is 2. The molecule has 1 aliphatic heterocycles. The van der Waals surface area contributed by atoms with Crippen LogP contribution in [0.25, 0.3) is 33.2 Å². The van der Waals surface area contributed by atoms with E-state index in [1.807, 2.05) is 96.1 Å². The molecule has 0 saturated carbocycles. The third-order valence-electron chi connectivity index (χ3n) is 10.4. The summed E-state index contributed by atoms with van der Waals surface area (Å²) in [5.41, 5.74) is 3.55. The molecule has 0 bridgehead atoms. The summed E-state index contributed by atoms with van der Waals surface area (Å²) in [6.07, 6.45) is 2.28. The first-order valence-corrected chi connectivity index (χ1v) is 22.4. The summed E-state index contributed by atoms with van der Waals surface area (Å²) in [4.78, 5) is 54.1. The minimum atomic E-state index is -0.786. The molecule has 65 heavy (non-hydrogen) atoms. The average Bonchev–Trinajstić information content (AvgIpc) is 3.85. The van der Waals surface area contributed by atoms with Gasteiger partial charge in [0.25, 0.3) is 5.91 Å². The van der Waals surface area contributed by atoms with E-state index in [-0.39, 0.29) is 35.7 Å². The van der Waals surface area contributed by atoms with Gasteiger partial charge in [0, 0.05) is 54.2 Å². The molecule has 5 aromatic rings. The highest BCUT2D eigenvalue weighted by Gasteiger charge is 2.30. The SMILES string of the molecule is COc1cc(C(=O)n2ncc3c(-c4cccc(-c5ccc(CN(C[C@@H]6CCC(=O)N6)C(=O)OC(C)(C)C)cc5)c4Cl)cccc32)c(Cl)cc1CN[C@@H](COC(C)(C)C)C(=O)OC(C)(C)C. The first-order valence-electron chi connectivity index (χ1n) is 21.6. The minimum absolute atomic E-state index is 0.0186. The molecule has 1 fully saturated rings. The van der Waals surface area contributed by atoms with Crippen LogP contribution in [0.2, 0.25) is 10.0 Å². The molecule has 1 aromatic heterocycles. The summed E-state index contributed by atoms with van der Waals surface area (Å²) >= 11 is 14.0. The Balaban J connectivity index is 1.22. The summed E-state index contributed by atoms with van der Waals surface area (Å²) in [5.74, 6) is -0.559. The van der Waals surface area contributed by atoms with E-state index in [0.29, 0.717) is 53.2 Å². The zero-order chi connectivity index (χ0) is 47.4. The third kappa shape index (κ3) is 12.7. The smallest absolute Gasteiger partial charge is 0.410 e. The number of nitrogens with one attached hydrogen (secondary N) is 2. The maximum Gasteiger partial charge on any atom is 0.410 e. The number of halogens is 2. The lowest BCUT2D eigenvalue weighted by atomic mass is 9.96. The number of carbonyl (C=O) groups excluding carboxylic acids is 4. The molecular formula is C50H59Cl2N5O8. The second-order valence-electron chi connectivity index (χ2n) is 19.2. The van der Waals surface area contributed by atoms with Crippen LogP contribution in [0.3, 0.4) is 0 Å². The number of hydrogen-bond acceptors (Lipinski definition) is 10.